The number of alkyl carbamates (subject to hydrolysis) is 1. The second kappa shape index (κ2) is 7.91. The van der Waals surface area contributed by atoms with E-state index in [1.54, 1.807) is 18.4 Å². The number of benzene rings is 1. The summed E-state index contributed by atoms with van der Waals surface area (Å²) in [6.45, 7) is 12.9. The molecular weight excluding hydrogens is 490 g/mol. The lowest BCUT2D eigenvalue weighted by Crippen LogP contribution is -2.53. The van der Waals surface area contributed by atoms with E-state index in [4.69, 9.17) is 14.2 Å². The minimum atomic E-state index is -1.59. The average molecular weight is 524 g/mol. The van der Waals surface area contributed by atoms with Crippen molar-refractivity contribution in [3.05, 3.63) is 64.4 Å². The molecule has 37 heavy (non-hydrogen) atoms. The summed E-state index contributed by atoms with van der Waals surface area (Å²) in [5.41, 5.74) is 2.40. The van der Waals surface area contributed by atoms with Gasteiger partial charge >= 0.3 is 12.1 Å². The molecule has 2 heterocycles. The predicted octanol–water partition coefficient (Wildman–Crippen LogP) is 4.96. The summed E-state index contributed by atoms with van der Waals surface area (Å²) < 4.78 is 17.9. The van der Waals surface area contributed by atoms with Crippen LogP contribution in [0.1, 0.15) is 63.3 Å². The highest BCUT2D eigenvalue weighted by Crippen LogP contribution is 2.89. The molecule has 2 saturated carbocycles. The zero-order valence-corrected chi connectivity index (χ0v) is 22.4. The molecule has 7 atom stereocenters. The second-order valence-corrected chi connectivity index (χ2v) is 12.3. The Kier molecular flexibility index (Phi) is 5.27. The van der Waals surface area contributed by atoms with Gasteiger partial charge in [-0.25, -0.2) is 9.59 Å². The van der Waals surface area contributed by atoms with Gasteiger partial charge in [-0.2, -0.15) is 11.3 Å². The van der Waals surface area contributed by atoms with Crippen molar-refractivity contribution in [2.75, 3.05) is 6.61 Å². The minimum absolute atomic E-state index is 0.138. The molecule has 1 saturated heterocycles. The monoisotopic (exact) mass is 523 g/mol. The van der Waals surface area contributed by atoms with Crippen molar-refractivity contribution in [2.24, 2.45) is 16.7 Å². The number of epoxide rings is 1. The van der Waals surface area contributed by atoms with E-state index in [9.17, 15) is 14.7 Å². The molecule has 6 rings (SSSR count). The molecule has 7 nitrogen and oxygen atoms in total. The van der Waals surface area contributed by atoms with Gasteiger partial charge in [-0.3, -0.25) is 0 Å². The third-order valence-electron chi connectivity index (χ3n) is 9.96. The molecule has 1 aliphatic heterocycles. The molecule has 3 fully saturated rings. The van der Waals surface area contributed by atoms with E-state index in [-0.39, 0.29) is 17.9 Å². The van der Waals surface area contributed by atoms with E-state index in [0.29, 0.717) is 18.4 Å². The van der Waals surface area contributed by atoms with E-state index in [2.05, 4.69) is 50.9 Å². The number of carbonyl (C=O) groups is 2. The molecule has 0 radical (unpaired) electrons. The topological polar surface area (TPSA) is 97.4 Å². The Bertz CT molecular complexity index is 1290. The number of aliphatic hydroxyl groups is 1. The molecule has 1 amide bonds. The Morgan fingerprint density at radius 3 is 2.73 bits per heavy atom. The van der Waals surface area contributed by atoms with Crippen molar-refractivity contribution >= 4 is 29.0 Å². The lowest BCUT2D eigenvalue weighted by Gasteiger charge is -2.45. The molecule has 2 N–H and O–H groups in total. The van der Waals surface area contributed by atoms with Crippen LogP contribution in [-0.4, -0.2) is 41.6 Å². The lowest BCUT2D eigenvalue weighted by atomic mass is 9.59. The number of carbonyl (C=O) groups excluding carboxylic acids is 2. The maximum atomic E-state index is 13.4. The first-order valence-corrected chi connectivity index (χ1v) is 13.8. The first kappa shape index (κ1) is 24.6. The van der Waals surface area contributed by atoms with Gasteiger partial charge in [0.2, 0.25) is 0 Å². The van der Waals surface area contributed by atoms with Crippen LogP contribution < -0.4 is 5.32 Å². The predicted molar refractivity (Wildman–Crippen MR) is 139 cm³/mol. The highest BCUT2D eigenvalue weighted by atomic mass is 32.1. The van der Waals surface area contributed by atoms with Crippen molar-refractivity contribution in [1.82, 2.24) is 5.32 Å². The fraction of sp³-hybridized carbons (Fsp3) is 0.517. The largest absolute Gasteiger partial charge is 0.460 e. The van der Waals surface area contributed by atoms with Gasteiger partial charge in [-0.05, 0) is 57.8 Å². The van der Waals surface area contributed by atoms with Crippen LogP contribution in [0.25, 0.3) is 5.57 Å². The summed E-state index contributed by atoms with van der Waals surface area (Å²) in [5, 5.41) is 17.3. The van der Waals surface area contributed by atoms with E-state index < -0.39 is 46.9 Å². The maximum Gasteiger partial charge on any atom is 0.407 e. The molecule has 1 aromatic carbocycles. The number of hydrogen-bond acceptors (Lipinski definition) is 7. The van der Waals surface area contributed by atoms with Gasteiger partial charge in [-0.15, -0.1) is 0 Å². The van der Waals surface area contributed by atoms with Gasteiger partial charge in [0.1, 0.15) is 17.3 Å². The van der Waals surface area contributed by atoms with Crippen molar-refractivity contribution in [3.63, 3.8) is 0 Å². The number of rotatable bonds is 6. The molecule has 3 unspecified atom stereocenters. The molecular formula is C29H33NO6S. The first-order valence-electron chi connectivity index (χ1n) is 12.9. The number of ether oxygens (including phenoxy) is 3. The highest BCUT2D eigenvalue weighted by Gasteiger charge is 2.95. The SMILES string of the molecule is C=C1C[C@@]23O[C@]2(c2ccccc21)C1CC(OC(=O)[C@H](O)[C@@H](NC(=O)OCC)c2ccsc2)C3(C)C1(C)C. The minimum Gasteiger partial charge on any atom is -0.460 e. The van der Waals surface area contributed by atoms with Crippen LogP contribution in [0.2, 0.25) is 0 Å². The van der Waals surface area contributed by atoms with E-state index >= 15 is 0 Å². The third-order valence-corrected chi connectivity index (χ3v) is 10.7. The molecule has 2 bridgehead atoms. The van der Waals surface area contributed by atoms with Gasteiger partial charge in [0, 0.05) is 17.8 Å². The fourth-order valence-corrected chi connectivity index (χ4v) is 8.70. The zero-order chi connectivity index (χ0) is 26.4. The van der Waals surface area contributed by atoms with Gasteiger partial charge < -0.3 is 24.6 Å². The summed E-state index contributed by atoms with van der Waals surface area (Å²) >= 11 is 1.41. The fourth-order valence-electron chi connectivity index (χ4n) is 8.00. The van der Waals surface area contributed by atoms with Crippen LogP contribution in [0.15, 0.2) is 47.7 Å². The Balaban J connectivity index is 1.29. The molecule has 0 spiro atoms. The number of aliphatic hydroxyl groups excluding tert-OH is 1. The molecule has 196 valence electrons. The van der Waals surface area contributed by atoms with Gasteiger partial charge in [0.05, 0.1) is 12.6 Å². The Morgan fingerprint density at radius 1 is 1.27 bits per heavy atom. The van der Waals surface area contributed by atoms with E-state index in [1.807, 2.05) is 11.4 Å². The zero-order valence-electron chi connectivity index (χ0n) is 21.6. The van der Waals surface area contributed by atoms with Gasteiger partial charge in [-0.1, -0.05) is 51.6 Å². The van der Waals surface area contributed by atoms with Crippen LogP contribution in [0.5, 0.6) is 0 Å². The number of amides is 1. The van der Waals surface area contributed by atoms with E-state index in [1.165, 1.54) is 16.9 Å². The van der Waals surface area contributed by atoms with Crippen LogP contribution in [0, 0.1) is 16.7 Å². The molecule has 4 aliphatic rings. The van der Waals surface area contributed by atoms with Crippen molar-refractivity contribution in [1.29, 1.82) is 0 Å². The number of thiophene rings is 1. The quantitative estimate of drug-likeness (QED) is 0.411. The summed E-state index contributed by atoms with van der Waals surface area (Å²) in [6.07, 6.45) is -1.42. The lowest BCUT2D eigenvalue weighted by molar-refractivity contribution is -0.172. The van der Waals surface area contributed by atoms with Crippen molar-refractivity contribution in [2.45, 2.75) is 70.0 Å². The third kappa shape index (κ3) is 2.89. The standard InChI is InChI=1S/C29H33NO6S/c1-6-34-25(33)30-22(17-11-12-37-15-17)23(31)24(32)35-21-13-20-26(3,4)27(21,5)28-14-16(2)18-9-7-8-10-19(18)29(20,28)36-28/h7-12,15,20-23,31H,2,6,13-14H2,1,3-5H3,(H,30,33)/t20?,21?,22-,23+,27?,28-,29+/m0/s1. The number of fused-ring (bicyclic) bond motifs is 3. The normalized spacial score (nSPS) is 35.5. The van der Waals surface area contributed by atoms with E-state index in [0.717, 1.165) is 11.1 Å². The number of nitrogens with one attached hydrogen (secondary N) is 1. The smallest absolute Gasteiger partial charge is 0.407 e. The van der Waals surface area contributed by atoms with Crippen LogP contribution in [0.4, 0.5) is 4.79 Å². The summed E-state index contributed by atoms with van der Waals surface area (Å²) in [4.78, 5) is 25.6. The summed E-state index contributed by atoms with van der Waals surface area (Å²) in [6, 6.07) is 9.14. The second-order valence-electron chi connectivity index (χ2n) is 11.5. The molecule has 2 aromatic rings. The van der Waals surface area contributed by atoms with Crippen molar-refractivity contribution in [3.8, 4) is 0 Å². The van der Waals surface area contributed by atoms with Crippen molar-refractivity contribution < 1.29 is 28.9 Å². The van der Waals surface area contributed by atoms with Gasteiger partial charge in [0.25, 0.3) is 0 Å². The summed E-state index contributed by atoms with van der Waals surface area (Å²) in [7, 11) is 0. The molecule has 1 aromatic heterocycles. The Hall–Kier alpha value is -2.68. The molecule has 8 heteroatoms. The number of hydrogen-bond donors (Lipinski definition) is 2. The van der Waals surface area contributed by atoms with Gasteiger partial charge in [0.15, 0.2) is 6.10 Å². The van der Waals surface area contributed by atoms with Crippen LogP contribution in [-0.2, 0) is 24.6 Å². The number of esters is 1. The first-order chi connectivity index (χ1) is 17.5. The average Bonchev–Trinajstić information content (AvgIpc) is 3.13. The summed E-state index contributed by atoms with van der Waals surface area (Å²) in [5.74, 6) is -0.625. The Labute approximate surface area is 220 Å². The van der Waals surface area contributed by atoms with Crippen LogP contribution in [0.3, 0.4) is 0 Å². The van der Waals surface area contributed by atoms with Crippen LogP contribution >= 0.6 is 11.3 Å². The highest BCUT2D eigenvalue weighted by molar-refractivity contribution is 7.08. The molecule has 3 aliphatic carbocycles. The maximum absolute atomic E-state index is 13.4. The Morgan fingerprint density at radius 2 is 2.03 bits per heavy atom.